The van der Waals surface area contributed by atoms with Crippen molar-refractivity contribution in [1.82, 2.24) is 4.98 Å². The lowest BCUT2D eigenvalue weighted by Gasteiger charge is -2.03. The molecule has 2 aromatic heterocycles. The van der Waals surface area contributed by atoms with Gasteiger partial charge in [0.05, 0.1) is 5.52 Å². The van der Waals surface area contributed by atoms with Gasteiger partial charge >= 0.3 is 0 Å². The van der Waals surface area contributed by atoms with Crippen LogP contribution < -0.4 is 5.32 Å². The molecule has 4 rings (SSSR count). The van der Waals surface area contributed by atoms with E-state index in [1.165, 1.54) is 12.1 Å². The van der Waals surface area contributed by atoms with Gasteiger partial charge in [-0.3, -0.25) is 4.79 Å². The van der Waals surface area contributed by atoms with Crippen LogP contribution in [0.25, 0.3) is 22.0 Å². The number of nitrogens with one attached hydrogen (secondary N) is 1. The van der Waals surface area contributed by atoms with Crippen molar-refractivity contribution in [1.29, 1.82) is 0 Å². The molecule has 2 aromatic carbocycles. The van der Waals surface area contributed by atoms with Crippen molar-refractivity contribution in [2.45, 2.75) is 0 Å². The van der Waals surface area contributed by atoms with Crippen molar-refractivity contribution in [2.24, 2.45) is 0 Å². The summed E-state index contributed by atoms with van der Waals surface area (Å²) in [4.78, 5) is 16.6. The molecule has 0 fully saturated rings. The number of pyridine rings is 1. The number of halogens is 3. The summed E-state index contributed by atoms with van der Waals surface area (Å²) in [5, 5.41) is 4.49. The molecule has 25 heavy (non-hydrogen) atoms. The second kappa shape index (κ2) is 5.82. The maximum Gasteiger partial charge on any atom is 0.291 e. The van der Waals surface area contributed by atoms with Crippen LogP contribution in [0.1, 0.15) is 10.6 Å². The Morgan fingerprint density at radius 2 is 1.84 bits per heavy atom. The number of anilines is 1. The molecule has 0 aliphatic rings. The smallest absolute Gasteiger partial charge is 0.291 e. The molecule has 0 aliphatic heterocycles. The van der Waals surface area contributed by atoms with E-state index in [0.29, 0.717) is 15.9 Å². The van der Waals surface area contributed by atoms with Crippen molar-refractivity contribution < 1.29 is 18.0 Å². The minimum absolute atomic E-state index is 0.00800. The summed E-state index contributed by atoms with van der Waals surface area (Å²) in [6.45, 7) is 0. The highest BCUT2D eigenvalue weighted by Gasteiger charge is 2.15. The van der Waals surface area contributed by atoms with Gasteiger partial charge in [0.2, 0.25) is 5.71 Å². The van der Waals surface area contributed by atoms with Gasteiger partial charge in [0.15, 0.2) is 17.4 Å². The lowest BCUT2D eigenvalue weighted by Crippen LogP contribution is -2.11. The Kier molecular flexibility index (Phi) is 3.62. The lowest BCUT2D eigenvalue weighted by atomic mass is 10.2. The highest BCUT2D eigenvalue weighted by molar-refractivity contribution is 6.31. The number of aromatic nitrogens is 1. The Morgan fingerprint density at radius 3 is 2.64 bits per heavy atom. The second-order valence-corrected chi connectivity index (χ2v) is 5.85. The zero-order chi connectivity index (χ0) is 17.6. The van der Waals surface area contributed by atoms with Crippen LogP contribution in [-0.2, 0) is 0 Å². The zero-order valence-electron chi connectivity index (χ0n) is 12.5. The lowest BCUT2D eigenvalue weighted by molar-refractivity contribution is 0.0998. The molecule has 0 unspecified atom stereocenters. The molecular formula is C18H9ClF2N2O2. The number of rotatable bonds is 2. The van der Waals surface area contributed by atoms with Gasteiger partial charge in [0.25, 0.3) is 5.91 Å². The summed E-state index contributed by atoms with van der Waals surface area (Å²) >= 11 is 5.95. The summed E-state index contributed by atoms with van der Waals surface area (Å²) in [5.74, 6) is -2.62. The molecule has 4 aromatic rings. The Labute approximate surface area is 145 Å². The third kappa shape index (κ3) is 2.92. The first-order valence-electron chi connectivity index (χ1n) is 7.26. The quantitative estimate of drug-likeness (QED) is 0.538. The molecule has 0 aliphatic carbocycles. The maximum absolute atomic E-state index is 13.2. The van der Waals surface area contributed by atoms with E-state index in [1.807, 2.05) is 12.1 Å². The molecule has 124 valence electrons. The number of carbonyl (C=O) groups excluding carboxylic acids is 1. The number of nitrogens with zero attached hydrogens (tertiary/aromatic N) is 1. The molecule has 7 heteroatoms. The summed E-state index contributed by atoms with van der Waals surface area (Å²) in [7, 11) is 0. The van der Waals surface area contributed by atoms with Gasteiger partial charge in [-0.25, -0.2) is 13.8 Å². The summed E-state index contributed by atoms with van der Waals surface area (Å²) in [5.41, 5.74) is 1.04. The fourth-order valence-electron chi connectivity index (χ4n) is 2.48. The third-order valence-electron chi connectivity index (χ3n) is 3.67. The molecule has 0 saturated carbocycles. The number of fused-ring (bicyclic) bond motifs is 2. The predicted octanol–water partition coefficient (Wildman–Crippen LogP) is 5.16. The third-order valence-corrected chi connectivity index (χ3v) is 3.90. The van der Waals surface area contributed by atoms with Crippen LogP contribution in [0, 0.1) is 11.6 Å². The largest absolute Gasteiger partial charge is 0.433 e. The van der Waals surface area contributed by atoms with E-state index in [9.17, 15) is 13.6 Å². The van der Waals surface area contributed by atoms with E-state index in [0.717, 1.165) is 17.5 Å². The topological polar surface area (TPSA) is 55.1 Å². The maximum atomic E-state index is 13.2. The molecule has 1 amide bonds. The van der Waals surface area contributed by atoms with E-state index in [2.05, 4.69) is 10.3 Å². The number of amides is 1. The van der Waals surface area contributed by atoms with Gasteiger partial charge in [-0.15, -0.1) is 0 Å². The van der Waals surface area contributed by atoms with Crippen LogP contribution in [0.15, 0.2) is 52.9 Å². The van der Waals surface area contributed by atoms with Crippen LogP contribution in [0.4, 0.5) is 14.5 Å². The van der Waals surface area contributed by atoms with Crippen molar-refractivity contribution in [2.75, 3.05) is 5.32 Å². The van der Waals surface area contributed by atoms with Gasteiger partial charge in [0.1, 0.15) is 0 Å². The summed E-state index contributed by atoms with van der Waals surface area (Å²) < 4.78 is 31.6. The first kappa shape index (κ1) is 15.5. The van der Waals surface area contributed by atoms with E-state index >= 15 is 0 Å². The van der Waals surface area contributed by atoms with Crippen LogP contribution in [0.5, 0.6) is 0 Å². The Bertz CT molecular complexity index is 1140. The monoisotopic (exact) mass is 358 g/mol. The highest BCUT2D eigenvalue weighted by atomic mass is 35.5. The van der Waals surface area contributed by atoms with Gasteiger partial charge < -0.3 is 9.73 Å². The van der Waals surface area contributed by atoms with E-state index in [1.54, 1.807) is 12.1 Å². The van der Waals surface area contributed by atoms with E-state index in [-0.39, 0.29) is 17.2 Å². The van der Waals surface area contributed by atoms with Gasteiger partial charge in [-0.1, -0.05) is 17.7 Å². The standard InChI is InChI=1S/C18H9ClF2N2O2/c19-11-2-1-9-5-10-6-16(25-18(10)23-15(9)7-11)17(24)22-12-3-4-13(20)14(21)8-12/h1-8H,(H,22,24). The van der Waals surface area contributed by atoms with Crippen molar-refractivity contribution in [3.8, 4) is 0 Å². The molecule has 0 bridgehead atoms. The number of carbonyl (C=O) groups is 1. The first-order valence-corrected chi connectivity index (χ1v) is 7.64. The Hall–Kier alpha value is -2.99. The number of hydrogen-bond acceptors (Lipinski definition) is 3. The minimum atomic E-state index is -1.05. The van der Waals surface area contributed by atoms with Crippen LogP contribution >= 0.6 is 11.6 Å². The van der Waals surface area contributed by atoms with Gasteiger partial charge in [-0.05, 0) is 36.4 Å². The summed E-state index contributed by atoms with van der Waals surface area (Å²) in [6.07, 6.45) is 0. The molecule has 2 heterocycles. The second-order valence-electron chi connectivity index (χ2n) is 5.41. The fraction of sp³-hybridized carbons (Fsp3) is 0. The Morgan fingerprint density at radius 1 is 1.00 bits per heavy atom. The molecular weight excluding hydrogens is 350 g/mol. The van der Waals surface area contributed by atoms with Gasteiger partial charge in [0, 0.05) is 27.5 Å². The number of benzene rings is 2. The molecule has 0 saturated heterocycles. The average molecular weight is 359 g/mol. The Balaban J connectivity index is 1.69. The van der Waals surface area contributed by atoms with Crippen molar-refractivity contribution in [3.05, 3.63) is 70.9 Å². The number of furan rings is 1. The predicted molar refractivity (Wildman–Crippen MR) is 90.8 cm³/mol. The molecule has 1 N–H and O–H groups in total. The molecule has 0 spiro atoms. The minimum Gasteiger partial charge on any atom is -0.433 e. The number of hydrogen-bond donors (Lipinski definition) is 1. The van der Waals surface area contributed by atoms with E-state index < -0.39 is 17.5 Å². The average Bonchev–Trinajstić information content (AvgIpc) is 2.99. The van der Waals surface area contributed by atoms with Crippen LogP contribution in [-0.4, -0.2) is 10.9 Å². The fourth-order valence-corrected chi connectivity index (χ4v) is 2.64. The molecule has 0 atom stereocenters. The van der Waals surface area contributed by atoms with Crippen LogP contribution in [0.3, 0.4) is 0 Å². The van der Waals surface area contributed by atoms with Gasteiger partial charge in [-0.2, -0.15) is 0 Å². The highest BCUT2D eigenvalue weighted by Crippen LogP contribution is 2.25. The first-order chi connectivity index (χ1) is 12.0. The summed E-state index contributed by atoms with van der Waals surface area (Å²) in [6, 6.07) is 11.7. The zero-order valence-corrected chi connectivity index (χ0v) is 13.3. The SMILES string of the molecule is O=C(Nc1ccc(F)c(F)c1)c1cc2cc3ccc(Cl)cc3nc2o1. The van der Waals surface area contributed by atoms with Crippen LogP contribution in [0.2, 0.25) is 5.02 Å². The van der Waals surface area contributed by atoms with Crippen molar-refractivity contribution in [3.63, 3.8) is 0 Å². The van der Waals surface area contributed by atoms with Crippen molar-refractivity contribution >= 4 is 45.2 Å². The molecule has 4 nitrogen and oxygen atoms in total. The normalized spacial score (nSPS) is 11.2. The molecule has 0 radical (unpaired) electrons. The van der Waals surface area contributed by atoms with E-state index in [4.69, 9.17) is 16.0 Å².